The largest absolute Gasteiger partial charge is 0.409 e. The van der Waals surface area contributed by atoms with Crippen LogP contribution in [0.15, 0.2) is 36.4 Å². The molecule has 1 heterocycles. The topological polar surface area (TPSA) is 32.3 Å². The number of carbonyl (C=O) groups is 1. The number of carbonyl (C=O) groups excluding carboxylic acids is 1. The molecule has 1 fully saturated rings. The highest BCUT2D eigenvalue weighted by Crippen LogP contribution is 2.45. The molecule has 0 saturated carbocycles. The third-order valence-corrected chi connectivity index (χ3v) is 5.12. The van der Waals surface area contributed by atoms with Crippen molar-refractivity contribution in [3.8, 4) is 0 Å². The number of fused-ring (bicyclic) bond motifs is 1. The van der Waals surface area contributed by atoms with Gasteiger partial charge < -0.3 is 0 Å². The number of nitrogens with one attached hydrogen (secondary N) is 1. The van der Waals surface area contributed by atoms with Gasteiger partial charge in [-0.2, -0.15) is 18.2 Å². The summed E-state index contributed by atoms with van der Waals surface area (Å²) in [5.74, 6) is -0.398. The lowest BCUT2D eigenvalue weighted by molar-refractivity contribution is -0.203. The van der Waals surface area contributed by atoms with Crippen LogP contribution in [-0.4, -0.2) is 22.6 Å². The first-order chi connectivity index (χ1) is 12.3. The van der Waals surface area contributed by atoms with E-state index in [1.54, 1.807) is 32.0 Å². The fourth-order valence-corrected chi connectivity index (χ4v) is 3.91. The van der Waals surface area contributed by atoms with Gasteiger partial charge in [-0.3, -0.25) is 10.2 Å². The van der Waals surface area contributed by atoms with E-state index in [0.717, 1.165) is 16.0 Å². The van der Waals surface area contributed by atoms with Crippen LogP contribution in [0.2, 0.25) is 0 Å². The summed E-state index contributed by atoms with van der Waals surface area (Å²) in [5.41, 5.74) is 2.44. The highest BCUT2D eigenvalue weighted by atomic mass is 19.4. The van der Waals surface area contributed by atoms with Crippen LogP contribution in [0.4, 0.5) is 13.2 Å². The second-order valence-electron chi connectivity index (χ2n) is 8.84. The van der Waals surface area contributed by atoms with Gasteiger partial charge >= 0.3 is 6.18 Å². The smallest absolute Gasteiger partial charge is 0.287 e. The molecule has 0 spiro atoms. The van der Waals surface area contributed by atoms with E-state index in [9.17, 15) is 18.0 Å². The maximum Gasteiger partial charge on any atom is 0.409 e. The molecule has 0 radical (unpaired) electrons. The number of hydrogen-bond donors (Lipinski definition) is 1. The Morgan fingerprint density at radius 2 is 1.63 bits per heavy atom. The highest BCUT2D eigenvalue weighted by Gasteiger charge is 2.53. The number of nitrogens with zero attached hydrogens (tertiary/aromatic N) is 1. The molecule has 0 aliphatic carbocycles. The van der Waals surface area contributed by atoms with Crippen LogP contribution in [0.5, 0.6) is 0 Å². The van der Waals surface area contributed by atoms with E-state index < -0.39 is 23.7 Å². The first-order valence-electron chi connectivity index (χ1n) is 9.00. The Labute approximate surface area is 157 Å². The van der Waals surface area contributed by atoms with E-state index >= 15 is 0 Å². The fourth-order valence-electron chi connectivity index (χ4n) is 3.91. The molecule has 3 rings (SSSR count). The molecular formula is C21H25F3N2O. The standard InChI is InChI=1S/C21H25F3N2O/c1-19(2,3)16-11-7-8-13-14(16)9-6-10-15(13)18(21(22,23)24)26-20(4,5)12-17(27)25-26/h6-11,18H,12H2,1-5H3,(H,25,27). The van der Waals surface area contributed by atoms with Crippen LogP contribution in [-0.2, 0) is 10.2 Å². The molecule has 6 heteroatoms. The normalized spacial score (nSPS) is 19.3. The number of hydrogen-bond acceptors (Lipinski definition) is 2. The Morgan fingerprint density at radius 1 is 1.04 bits per heavy atom. The van der Waals surface area contributed by atoms with Crippen LogP contribution in [0.3, 0.4) is 0 Å². The number of rotatable bonds is 2. The Balaban J connectivity index is 2.26. The SMILES string of the molecule is CC(C)(C)c1cccc2c(C(N3NC(=O)CC3(C)C)C(F)(F)F)cccc12. The molecule has 1 amide bonds. The lowest BCUT2D eigenvalue weighted by Gasteiger charge is -2.38. The molecule has 27 heavy (non-hydrogen) atoms. The minimum Gasteiger partial charge on any atom is -0.287 e. The zero-order chi connectivity index (χ0) is 20.2. The molecule has 1 aliphatic rings. The van der Waals surface area contributed by atoms with E-state index in [-0.39, 0.29) is 17.4 Å². The summed E-state index contributed by atoms with van der Waals surface area (Å²) in [4.78, 5) is 11.9. The summed E-state index contributed by atoms with van der Waals surface area (Å²) < 4.78 is 42.6. The number of amides is 1. The number of benzene rings is 2. The van der Waals surface area contributed by atoms with Gasteiger partial charge in [-0.25, -0.2) is 0 Å². The van der Waals surface area contributed by atoms with E-state index in [0.29, 0.717) is 5.39 Å². The molecule has 0 aromatic heterocycles. The van der Waals surface area contributed by atoms with Gasteiger partial charge in [0.15, 0.2) is 6.04 Å². The number of halogens is 3. The predicted molar refractivity (Wildman–Crippen MR) is 100 cm³/mol. The Bertz CT molecular complexity index is 881. The average Bonchev–Trinajstić information content (AvgIpc) is 2.77. The molecule has 1 N–H and O–H groups in total. The first-order valence-corrected chi connectivity index (χ1v) is 9.00. The predicted octanol–water partition coefficient (Wildman–Crippen LogP) is 5.26. The third-order valence-electron chi connectivity index (χ3n) is 5.12. The molecule has 3 nitrogen and oxygen atoms in total. The molecule has 1 unspecified atom stereocenters. The maximum absolute atomic E-state index is 14.2. The fraction of sp³-hybridized carbons (Fsp3) is 0.476. The van der Waals surface area contributed by atoms with Crippen molar-refractivity contribution in [1.29, 1.82) is 0 Å². The molecule has 146 valence electrons. The van der Waals surface area contributed by atoms with Gasteiger partial charge in [-0.05, 0) is 41.2 Å². The Kier molecular flexibility index (Phi) is 4.54. The van der Waals surface area contributed by atoms with Gasteiger partial charge in [0.25, 0.3) is 0 Å². The van der Waals surface area contributed by atoms with Crippen molar-refractivity contribution in [3.63, 3.8) is 0 Å². The highest BCUT2D eigenvalue weighted by molar-refractivity contribution is 5.90. The molecule has 1 atom stereocenters. The first kappa shape index (κ1) is 19.7. The van der Waals surface area contributed by atoms with Crippen LogP contribution >= 0.6 is 0 Å². The Morgan fingerprint density at radius 3 is 2.15 bits per heavy atom. The van der Waals surface area contributed by atoms with Gasteiger partial charge in [0.05, 0.1) is 0 Å². The van der Waals surface area contributed by atoms with Crippen molar-refractivity contribution in [2.45, 2.75) is 64.2 Å². The summed E-state index contributed by atoms with van der Waals surface area (Å²) in [6, 6.07) is 8.59. The summed E-state index contributed by atoms with van der Waals surface area (Å²) >= 11 is 0. The molecule has 1 saturated heterocycles. The molecule has 1 aliphatic heterocycles. The van der Waals surface area contributed by atoms with Gasteiger partial charge in [-0.1, -0.05) is 57.2 Å². The summed E-state index contributed by atoms with van der Waals surface area (Å²) in [5, 5.41) is 2.43. The molecule has 0 bridgehead atoms. The zero-order valence-corrected chi connectivity index (χ0v) is 16.2. The van der Waals surface area contributed by atoms with Crippen molar-refractivity contribution >= 4 is 16.7 Å². The molecule has 2 aromatic rings. The van der Waals surface area contributed by atoms with Crippen LogP contribution < -0.4 is 5.43 Å². The summed E-state index contributed by atoms with van der Waals surface area (Å²) in [6.07, 6.45) is -4.52. The number of alkyl halides is 3. The molecule has 2 aromatic carbocycles. The van der Waals surface area contributed by atoms with Crippen LogP contribution in [0, 0.1) is 0 Å². The van der Waals surface area contributed by atoms with Crippen molar-refractivity contribution in [1.82, 2.24) is 10.4 Å². The third kappa shape index (κ3) is 3.55. The summed E-state index contributed by atoms with van der Waals surface area (Å²) in [7, 11) is 0. The van der Waals surface area contributed by atoms with Crippen molar-refractivity contribution in [2.75, 3.05) is 0 Å². The maximum atomic E-state index is 14.2. The lowest BCUT2D eigenvalue weighted by Crippen LogP contribution is -2.51. The number of hydrazine groups is 1. The van der Waals surface area contributed by atoms with Crippen molar-refractivity contribution < 1.29 is 18.0 Å². The van der Waals surface area contributed by atoms with Gasteiger partial charge in [-0.15, -0.1) is 0 Å². The quantitative estimate of drug-likeness (QED) is 0.773. The second-order valence-corrected chi connectivity index (χ2v) is 8.84. The average molecular weight is 378 g/mol. The minimum atomic E-state index is -4.54. The van der Waals surface area contributed by atoms with Gasteiger partial charge in [0.2, 0.25) is 5.91 Å². The van der Waals surface area contributed by atoms with E-state index in [1.165, 1.54) is 6.07 Å². The second kappa shape index (κ2) is 6.23. The van der Waals surface area contributed by atoms with Gasteiger partial charge in [0, 0.05) is 12.0 Å². The van der Waals surface area contributed by atoms with Gasteiger partial charge in [0.1, 0.15) is 0 Å². The zero-order valence-electron chi connectivity index (χ0n) is 16.2. The van der Waals surface area contributed by atoms with E-state index in [2.05, 4.69) is 5.43 Å². The van der Waals surface area contributed by atoms with Crippen LogP contribution in [0.25, 0.3) is 10.8 Å². The lowest BCUT2D eigenvalue weighted by atomic mass is 9.82. The van der Waals surface area contributed by atoms with Crippen LogP contribution in [0.1, 0.15) is 58.2 Å². The summed E-state index contributed by atoms with van der Waals surface area (Å²) in [6.45, 7) is 9.42. The molecular weight excluding hydrogens is 353 g/mol. The Hall–Kier alpha value is -2.08. The van der Waals surface area contributed by atoms with E-state index in [1.807, 2.05) is 32.9 Å². The van der Waals surface area contributed by atoms with Crippen molar-refractivity contribution in [2.24, 2.45) is 0 Å². The van der Waals surface area contributed by atoms with Crippen molar-refractivity contribution in [3.05, 3.63) is 47.5 Å². The van der Waals surface area contributed by atoms with E-state index in [4.69, 9.17) is 0 Å². The monoisotopic (exact) mass is 378 g/mol. The minimum absolute atomic E-state index is 0.0254.